The lowest BCUT2D eigenvalue weighted by Crippen LogP contribution is -2.25. The van der Waals surface area contributed by atoms with E-state index in [0.29, 0.717) is 35.3 Å². The summed E-state index contributed by atoms with van der Waals surface area (Å²) in [5.41, 5.74) is 12.9. The van der Waals surface area contributed by atoms with E-state index >= 15 is 0 Å². The number of hydrogen-bond acceptors (Lipinski definition) is 5. The SMILES string of the molecule is [2H]C([2H])(c1cc2ncc1-c1ccc(cc1)Oc1cccc(c1)-c1cccc(-c3ccccc3)c1N1CN(c3cc(cc(C(C)(C)C)c3)Oc3ccc4c5ccccc5n-2c4c3)c2ccccc21)C(C)(C)C. The molecule has 10 aromatic rings. The lowest BCUT2D eigenvalue weighted by Gasteiger charge is -2.28. The maximum atomic E-state index is 9.72. The maximum absolute atomic E-state index is 9.72. The van der Waals surface area contributed by atoms with Crippen molar-refractivity contribution in [2.75, 3.05) is 16.5 Å². The van der Waals surface area contributed by atoms with E-state index in [0.717, 1.165) is 89.2 Å². The van der Waals surface area contributed by atoms with Crippen molar-refractivity contribution in [2.45, 2.75) is 53.3 Å². The number of para-hydroxylation sites is 4. The number of pyridine rings is 1. The number of ether oxygens (including phenoxy) is 2. The molecule has 338 valence electrons. The standard InChI is InChI=1S/C63H54N4O2/c1-62(2,3)38-44-33-60-64-39-55(44)42-26-28-47(29-27-42)68-48-19-14-18-43(32-48)52-22-15-21-51(41-16-8-7-9-17-41)61(52)66-40-65(57-24-12-13-25-58(57)66)46-34-45(63(4,5)6)35-50(36-46)69-49-30-31-54-53-20-10-11-23-56(53)67(60)59(54)37-49/h7-37,39H,38,40H2,1-6H3/i38D2. The number of fused-ring (bicyclic) bond motifs is 3. The van der Waals surface area contributed by atoms with Gasteiger partial charge in [-0.3, -0.25) is 4.57 Å². The van der Waals surface area contributed by atoms with E-state index < -0.39 is 11.8 Å². The van der Waals surface area contributed by atoms with Gasteiger partial charge in [0.1, 0.15) is 35.5 Å². The summed E-state index contributed by atoms with van der Waals surface area (Å²) in [7, 11) is 0. The van der Waals surface area contributed by atoms with Gasteiger partial charge in [-0.15, -0.1) is 0 Å². The van der Waals surface area contributed by atoms with Crippen molar-refractivity contribution in [2.24, 2.45) is 5.41 Å². The summed E-state index contributed by atoms with van der Waals surface area (Å²) in [4.78, 5) is 10.0. The van der Waals surface area contributed by atoms with Crippen LogP contribution in [0.2, 0.25) is 0 Å². The van der Waals surface area contributed by atoms with E-state index in [4.69, 9.17) is 14.5 Å². The number of benzene rings is 8. The topological polar surface area (TPSA) is 42.8 Å². The minimum absolute atomic E-state index is 0.195. The largest absolute Gasteiger partial charge is 0.457 e. The molecule has 0 saturated carbocycles. The molecule has 0 amide bonds. The Morgan fingerprint density at radius 2 is 1.14 bits per heavy atom. The molecule has 15 rings (SSSR count). The molecule has 0 spiro atoms. The van der Waals surface area contributed by atoms with E-state index in [2.05, 4.69) is 175 Å². The average molecular weight is 901 g/mol. The molecule has 7 heterocycles. The fraction of sp³-hybridized carbons (Fsp3) is 0.159. The van der Waals surface area contributed by atoms with E-state index in [1.54, 1.807) is 0 Å². The lowest BCUT2D eigenvalue weighted by molar-refractivity contribution is 0.411. The quantitative estimate of drug-likeness (QED) is 0.173. The molecule has 69 heavy (non-hydrogen) atoms. The Bertz CT molecular complexity index is 3700. The smallest absolute Gasteiger partial charge is 0.137 e. The third-order valence-electron chi connectivity index (χ3n) is 13.3. The third-order valence-corrected chi connectivity index (χ3v) is 13.3. The molecular weight excluding hydrogens is 845 g/mol. The van der Waals surface area contributed by atoms with Gasteiger partial charge < -0.3 is 19.3 Å². The highest BCUT2D eigenvalue weighted by Crippen LogP contribution is 2.51. The summed E-state index contributed by atoms with van der Waals surface area (Å²) >= 11 is 0. The predicted octanol–water partition coefficient (Wildman–Crippen LogP) is 17.2. The molecule has 0 aliphatic carbocycles. The van der Waals surface area contributed by atoms with E-state index in [-0.39, 0.29) is 5.41 Å². The van der Waals surface area contributed by atoms with Gasteiger partial charge in [-0.2, -0.15) is 0 Å². The molecule has 0 saturated heterocycles. The molecule has 0 radical (unpaired) electrons. The fourth-order valence-corrected chi connectivity index (χ4v) is 10.0. The van der Waals surface area contributed by atoms with Gasteiger partial charge in [-0.25, -0.2) is 4.98 Å². The van der Waals surface area contributed by atoms with Gasteiger partial charge in [-0.05, 0) is 118 Å². The summed E-state index contributed by atoms with van der Waals surface area (Å²) < 4.78 is 35.3. The number of anilines is 4. The van der Waals surface area contributed by atoms with Crippen molar-refractivity contribution in [3.63, 3.8) is 0 Å². The van der Waals surface area contributed by atoms with Crippen LogP contribution in [0.4, 0.5) is 22.7 Å². The van der Waals surface area contributed by atoms with Crippen LogP contribution in [0.5, 0.6) is 23.0 Å². The summed E-state index contributed by atoms with van der Waals surface area (Å²) in [6.45, 7) is 13.1. The number of rotatable bonds is 2. The Balaban J connectivity index is 1.11. The molecule has 2 aromatic heterocycles. The minimum atomic E-state index is -1.74. The highest BCUT2D eigenvalue weighted by Gasteiger charge is 2.32. The molecule has 0 unspecified atom stereocenters. The van der Waals surface area contributed by atoms with Crippen LogP contribution in [-0.4, -0.2) is 16.2 Å². The van der Waals surface area contributed by atoms with Crippen LogP contribution in [0.3, 0.4) is 0 Å². The van der Waals surface area contributed by atoms with Gasteiger partial charge in [0, 0.05) is 54.2 Å². The average Bonchev–Trinajstić information content (AvgIpc) is 3.92. The summed E-state index contributed by atoms with van der Waals surface area (Å²) in [6.07, 6.45) is 0.0826. The van der Waals surface area contributed by atoms with Gasteiger partial charge in [0.25, 0.3) is 0 Å². The van der Waals surface area contributed by atoms with Crippen molar-refractivity contribution in [3.05, 3.63) is 205 Å². The van der Waals surface area contributed by atoms with Gasteiger partial charge in [-0.1, -0.05) is 145 Å². The Kier molecular flexibility index (Phi) is 9.46. The zero-order valence-corrected chi connectivity index (χ0v) is 39.8. The first-order valence-corrected chi connectivity index (χ1v) is 23.8. The highest BCUT2D eigenvalue weighted by molar-refractivity contribution is 6.09. The summed E-state index contributed by atoms with van der Waals surface area (Å²) in [5.74, 6) is 3.41. The molecule has 0 atom stereocenters. The van der Waals surface area contributed by atoms with Crippen LogP contribution in [0.15, 0.2) is 194 Å². The first-order chi connectivity index (χ1) is 34.2. The second-order valence-electron chi connectivity index (χ2n) is 20.3. The first kappa shape index (κ1) is 40.0. The van der Waals surface area contributed by atoms with Crippen molar-refractivity contribution < 1.29 is 12.2 Å². The van der Waals surface area contributed by atoms with Crippen molar-refractivity contribution >= 4 is 44.6 Å². The van der Waals surface area contributed by atoms with Crippen LogP contribution in [0.1, 0.15) is 55.4 Å². The van der Waals surface area contributed by atoms with Crippen molar-refractivity contribution in [3.8, 4) is 62.2 Å². The molecule has 6 heteroatoms. The second kappa shape index (κ2) is 16.3. The number of aromatic nitrogens is 2. The Morgan fingerprint density at radius 1 is 0.507 bits per heavy atom. The van der Waals surface area contributed by atoms with Crippen LogP contribution < -0.4 is 19.3 Å². The summed E-state index contributed by atoms with van der Waals surface area (Å²) in [6, 6.07) is 65.3. The van der Waals surface area contributed by atoms with Crippen LogP contribution >= 0.6 is 0 Å². The summed E-state index contributed by atoms with van der Waals surface area (Å²) in [5, 5.41) is 2.12. The maximum Gasteiger partial charge on any atom is 0.137 e. The predicted molar refractivity (Wildman–Crippen MR) is 285 cm³/mol. The molecule has 6 nitrogen and oxygen atoms in total. The Labute approximate surface area is 407 Å². The van der Waals surface area contributed by atoms with Gasteiger partial charge >= 0.3 is 0 Å². The molecular formula is C63H54N4O2. The second-order valence-corrected chi connectivity index (χ2v) is 20.3. The minimum Gasteiger partial charge on any atom is -0.457 e. The molecule has 0 fully saturated rings. The molecule has 5 aliphatic rings. The van der Waals surface area contributed by atoms with Crippen LogP contribution in [-0.2, 0) is 11.8 Å². The number of hydrogen-bond donors (Lipinski definition) is 0. The van der Waals surface area contributed by atoms with E-state index in [9.17, 15) is 2.74 Å². The van der Waals surface area contributed by atoms with Gasteiger partial charge in [0.05, 0.1) is 28.1 Å². The van der Waals surface area contributed by atoms with Crippen LogP contribution in [0, 0.1) is 5.41 Å². The van der Waals surface area contributed by atoms with E-state index in [1.807, 2.05) is 75.5 Å². The highest BCUT2D eigenvalue weighted by atomic mass is 16.5. The number of nitrogens with zero attached hydrogens (tertiary/aromatic N) is 4. The van der Waals surface area contributed by atoms with Crippen LogP contribution in [0.25, 0.3) is 61.0 Å². The Hall–Kier alpha value is -8.09. The normalized spacial score (nSPS) is 13.9. The molecule has 8 aromatic carbocycles. The lowest BCUT2D eigenvalue weighted by atomic mass is 9.85. The zero-order valence-electron chi connectivity index (χ0n) is 41.8. The van der Waals surface area contributed by atoms with E-state index in [1.165, 1.54) is 0 Å². The molecule has 5 aliphatic heterocycles. The van der Waals surface area contributed by atoms with Gasteiger partial charge in [0.15, 0.2) is 0 Å². The monoisotopic (exact) mass is 900 g/mol. The zero-order chi connectivity index (χ0) is 48.8. The third kappa shape index (κ3) is 7.76. The first-order valence-electron chi connectivity index (χ1n) is 24.8. The van der Waals surface area contributed by atoms with Gasteiger partial charge in [0.2, 0.25) is 0 Å². The van der Waals surface area contributed by atoms with Crippen molar-refractivity contribution in [1.82, 2.24) is 9.55 Å². The Morgan fingerprint density at radius 3 is 1.93 bits per heavy atom. The molecule has 12 bridgehead atoms. The fourth-order valence-electron chi connectivity index (χ4n) is 10.0. The van der Waals surface area contributed by atoms with Crippen molar-refractivity contribution in [1.29, 1.82) is 0 Å². The molecule has 0 N–H and O–H groups in total.